The van der Waals surface area contributed by atoms with Crippen molar-refractivity contribution in [3.63, 3.8) is 0 Å². The second-order valence-electron chi connectivity index (χ2n) is 3.40. The van der Waals surface area contributed by atoms with Gasteiger partial charge >= 0.3 is 0 Å². The summed E-state index contributed by atoms with van der Waals surface area (Å²) in [5.74, 6) is 0.191. The van der Waals surface area contributed by atoms with Crippen molar-refractivity contribution in [2.24, 2.45) is 0 Å². The first-order chi connectivity index (χ1) is 6.67. The van der Waals surface area contributed by atoms with E-state index in [-0.39, 0.29) is 18.2 Å². The topological polar surface area (TPSA) is 49.4 Å². The first-order valence-electron chi connectivity index (χ1n) is 4.96. The third-order valence-electron chi connectivity index (χ3n) is 2.27. The Bertz CT molecular complexity index is 272. The van der Waals surface area contributed by atoms with E-state index in [9.17, 15) is 8.42 Å². The molecule has 0 unspecified atom stereocenters. The van der Waals surface area contributed by atoms with Crippen LogP contribution in [0.4, 0.5) is 0 Å². The maximum Gasteiger partial charge on any atom is 0.214 e. The molecule has 0 spiro atoms. The van der Waals surface area contributed by atoms with Crippen LogP contribution in [0.15, 0.2) is 12.7 Å². The molecule has 0 saturated carbocycles. The fourth-order valence-electron chi connectivity index (χ4n) is 1.46. The van der Waals surface area contributed by atoms with Crippen LogP contribution >= 0.6 is 12.4 Å². The van der Waals surface area contributed by atoms with Gasteiger partial charge < -0.3 is 5.32 Å². The van der Waals surface area contributed by atoms with Gasteiger partial charge in [0.2, 0.25) is 10.0 Å². The Balaban J connectivity index is 0.00000196. The maximum absolute atomic E-state index is 11.7. The van der Waals surface area contributed by atoms with Gasteiger partial charge in [0.25, 0.3) is 0 Å². The summed E-state index contributed by atoms with van der Waals surface area (Å²) in [5, 5.41) is 3.18. The van der Waals surface area contributed by atoms with Crippen molar-refractivity contribution in [1.29, 1.82) is 0 Å². The first kappa shape index (κ1) is 14.9. The fraction of sp³-hybridized carbons (Fsp3) is 0.778. The molecule has 1 aliphatic heterocycles. The van der Waals surface area contributed by atoms with E-state index in [1.165, 1.54) is 0 Å². The molecule has 4 nitrogen and oxygen atoms in total. The lowest BCUT2D eigenvalue weighted by Crippen LogP contribution is -2.35. The monoisotopic (exact) mass is 254 g/mol. The summed E-state index contributed by atoms with van der Waals surface area (Å²) in [7, 11) is -3.05. The van der Waals surface area contributed by atoms with Crippen LogP contribution in [0.2, 0.25) is 0 Å². The Morgan fingerprint density at radius 1 is 1.33 bits per heavy atom. The normalized spacial score (nSPS) is 18.9. The summed E-state index contributed by atoms with van der Waals surface area (Å²) < 4.78 is 25.1. The summed E-state index contributed by atoms with van der Waals surface area (Å²) in [6, 6.07) is 0. The molecule has 1 N–H and O–H groups in total. The molecule has 90 valence electrons. The zero-order chi connectivity index (χ0) is 10.4. The minimum Gasteiger partial charge on any atom is -0.315 e. The van der Waals surface area contributed by atoms with Crippen molar-refractivity contribution in [1.82, 2.24) is 9.62 Å². The van der Waals surface area contributed by atoms with Gasteiger partial charge in [0, 0.05) is 19.6 Å². The molecule has 1 saturated heterocycles. The molecular weight excluding hydrogens is 236 g/mol. The van der Waals surface area contributed by atoms with Gasteiger partial charge in [-0.25, -0.2) is 12.7 Å². The number of allylic oxidation sites excluding steroid dienone is 1. The fourth-order valence-corrected chi connectivity index (χ4v) is 2.96. The number of rotatable bonds is 4. The number of sulfonamides is 1. The zero-order valence-corrected chi connectivity index (χ0v) is 10.4. The average molecular weight is 255 g/mol. The molecule has 15 heavy (non-hydrogen) atoms. The van der Waals surface area contributed by atoms with E-state index in [0.717, 1.165) is 19.5 Å². The molecule has 1 fully saturated rings. The van der Waals surface area contributed by atoms with Crippen molar-refractivity contribution >= 4 is 22.4 Å². The molecule has 0 atom stereocenters. The molecule has 1 rings (SSSR count). The number of halogens is 1. The Labute approximate surface area is 98.2 Å². The maximum atomic E-state index is 11.7. The highest BCUT2D eigenvalue weighted by atomic mass is 35.5. The molecule has 0 aromatic heterocycles. The van der Waals surface area contributed by atoms with Crippen molar-refractivity contribution in [3.05, 3.63) is 12.7 Å². The van der Waals surface area contributed by atoms with Crippen LogP contribution in [-0.2, 0) is 10.0 Å². The van der Waals surface area contributed by atoms with Gasteiger partial charge in [-0.05, 0) is 19.4 Å². The summed E-state index contributed by atoms with van der Waals surface area (Å²) >= 11 is 0. The summed E-state index contributed by atoms with van der Waals surface area (Å²) in [5.41, 5.74) is 0. The van der Waals surface area contributed by atoms with Crippen molar-refractivity contribution in [2.45, 2.75) is 12.8 Å². The Hall–Kier alpha value is -0.100. The molecular formula is C9H19ClN2O2S. The highest BCUT2D eigenvalue weighted by Crippen LogP contribution is 2.06. The number of nitrogens with zero attached hydrogens (tertiary/aromatic N) is 1. The van der Waals surface area contributed by atoms with Crippen molar-refractivity contribution < 1.29 is 8.42 Å². The molecule has 0 aliphatic carbocycles. The van der Waals surface area contributed by atoms with Crippen molar-refractivity contribution in [3.8, 4) is 0 Å². The lowest BCUT2D eigenvalue weighted by Gasteiger charge is -2.18. The summed E-state index contributed by atoms with van der Waals surface area (Å²) in [4.78, 5) is 0. The van der Waals surface area contributed by atoms with Gasteiger partial charge in [-0.1, -0.05) is 6.08 Å². The van der Waals surface area contributed by atoms with Crippen LogP contribution in [0.1, 0.15) is 12.8 Å². The highest BCUT2D eigenvalue weighted by Gasteiger charge is 2.21. The lowest BCUT2D eigenvalue weighted by atomic mass is 10.4. The highest BCUT2D eigenvalue weighted by molar-refractivity contribution is 7.89. The van der Waals surface area contributed by atoms with E-state index in [0.29, 0.717) is 19.5 Å². The van der Waals surface area contributed by atoms with Gasteiger partial charge in [-0.15, -0.1) is 19.0 Å². The van der Waals surface area contributed by atoms with E-state index >= 15 is 0 Å². The Kier molecular flexibility index (Phi) is 7.17. The smallest absolute Gasteiger partial charge is 0.214 e. The van der Waals surface area contributed by atoms with Crippen LogP contribution in [0.3, 0.4) is 0 Å². The van der Waals surface area contributed by atoms with Gasteiger partial charge in [0.1, 0.15) is 0 Å². The van der Waals surface area contributed by atoms with Gasteiger partial charge in [-0.2, -0.15) is 0 Å². The quantitative estimate of drug-likeness (QED) is 0.748. The third kappa shape index (κ3) is 4.97. The number of hydrogen-bond acceptors (Lipinski definition) is 3. The third-order valence-corrected chi connectivity index (χ3v) is 4.18. The molecule has 0 aromatic rings. The predicted octanol–water partition coefficient (Wildman–Crippen LogP) is 0.609. The minimum absolute atomic E-state index is 0. The summed E-state index contributed by atoms with van der Waals surface area (Å²) in [6.07, 6.45) is 3.08. The van der Waals surface area contributed by atoms with Gasteiger partial charge in [0.15, 0.2) is 0 Å². The second kappa shape index (κ2) is 7.22. The second-order valence-corrected chi connectivity index (χ2v) is 5.48. The predicted molar refractivity (Wildman–Crippen MR) is 64.9 cm³/mol. The van der Waals surface area contributed by atoms with Crippen LogP contribution in [-0.4, -0.2) is 44.7 Å². The van der Waals surface area contributed by atoms with E-state index in [1.54, 1.807) is 10.4 Å². The van der Waals surface area contributed by atoms with Crippen molar-refractivity contribution in [2.75, 3.05) is 31.9 Å². The minimum atomic E-state index is -3.05. The molecule has 6 heteroatoms. The van der Waals surface area contributed by atoms with E-state index < -0.39 is 10.0 Å². The Morgan fingerprint density at radius 2 is 2.07 bits per heavy atom. The van der Waals surface area contributed by atoms with E-state index in [4.69, 9.17) is 0 Å². The van der Waals surface area contributed by atoms with Gasteiger partial charge in [-0.3, -0.25) is 0 Å². The molecule has 0 radical (unpaired) electrons. The lowest BCUT2D eigenvalue weighted by molar-refractivity contribution is 0.432. The van der Waals surface area contributed by atoms with Gasteiger partial charge in [0.05, 0.1) is 5.75 Å². The molecule has 1 heterocycles. The van der Waals surface area contributed by atoms with Crippen LogP contribution < -0.4 is 5.32 Å². The Morgan fingerprint density at radius 3 is 2.73 bits per heavy atom. The summed E-state index contributed by atoms with van der Waals surface area (Å²) in [6.45, 7) is 6.44. The molecule has 0 aromatic carbocycles. The standard InChI is InChI=1S/C9H18N2O2S.ClH/c1-2-3-9-14(12,13)11-7-4-5-10-6-8-11;/h2,10H,1,3-9H2;1H. The zero-order valence-electron chi connectivity index (χ0n) is 8.81. The number of hydrogen-bond donors (Lipinski definition) is 1. The number of nitrogens with one attached hydrogen (secondary N) is 1. The average Bonchev–Trinajstić information content (AvgIpc) is 2.43. The SMILES string of the molecule is C=CCCS(=O)(=O)N1CCCNCC1.Cl. The largest absolute Gasteiger partial charge is 0.315 e. The first-order valence-corrected chi connectivity index (χ1v) is 6.57. The molecule has 1 aliphatic rings. The van der Waals surface area contributed by atoms with Crippen LogP contribution in [0.5, 0.6) is 0 Å². The molecule has 0 bridgehead atoms. The van der Waals surface area contributed by atoms with E-state index in [2.05, 4.69) is 11.9 Å². The molecule has 0 amide bonds. The van der Waals surface area contributed by atoms with E-state index in [1.807, 2.05) is 0 Å². The van der Waals surface area contributed by atoms with Crippen LogP contribution in [0, 0.1) is 0 Å². The van der Waals surface area contributed by atoms with Crippen LogP contribution in [0.25, 0.3) is 0 Å².